The molecule has 0 bridgehead atoms. The lowest BCUT2D eigenvalue weighted by atomic mass is 10.1. The minimum atomic E-state index is -0.101. The molecule has 5 nitrogen and oxygen atoms in total. The maximum Gasteiger partial charge on any atom is 0.251 e. The Balaban J connectivity index is 1.70. The summed E-state index contributed by atoms with van der Waals surface area (Å²) < 4.78 is 1.75. The molecule has 1 amide bonds. The summed E-state index contributed by atoms with van der Waals surface area (Å²) in [5, 5.41) is 7.14. The highest BCUT2D eigenvalue weighted by Gasteiger charge is 2.11. The zero-order valence-corrected chi connectivity index (χ0v) is 12.2. The van der Waals surface area contributed by atoms with Gasteiger partial charge in [0.05, 0.1) is 11.7 Å². The summed E-state index contributed by atoms with van der Waals surface area (Å²) in [5.41, 5.74) is 2.57. The number of aromatic nitrogens is 3. The van der Waals surface area contributed by atoms with E-state index >= 15 is 0 Å². The molecular weight excluding hydrogens is 276 g/mol. The number of nitrogens with zero attached hydrogens (tertiary/aromatic N) is 3. The molecule has 3 rings (SSSR count). The van der Waals surface area contributed by atoms with E-state index in [1.54, 1.807) is 35.4 Å². The Morgan fingerprint density at radius 3 is 2.45 bits per heavy atom. The van der Waals surface area contributed by atoms with Crippen LogP contribution in [0.3, 0.4) is 0 Å². The molecule has 2 heterocycles. The van der Waals surface area contributed by atoms with Crippen LogP contribution in [0.1, 0.15) is 28.9 Å². The standard InChI is InChI=1S/C17H16N4O/c1-13(14-7-10-18-11-8-14)20-17(22)15-3-5-16(6-4-15)21-12-2-9-19-21/h2-13H,1H3,(H,20,22). The molecule has 1 unspecified atom stereocenters. The number of pyridine rings is 1. The van der Waals surface area contributed by atoms with Gasteiger partial charge in [0.15, 0.2) is 0 Å². The lowest BCUT2D eigenvalue weighted by Gasteiger charge is -2.14. The van der Waals surface area contributed by atoms with Crippen molar-refractivity contribution in [1.82, 2.24) is 20.1 Å². The van der Waals surface area contributed by atoms with Gasteiger partial charge < -0.3 is 5.32 Å². The zero-order valence-electron chi connectivity index (χ0n) is 12.2. The first-order valence-electron chi connectivity index (χ1n) is 7.05. The second-order valence-corrected chi connectivity index (χ2v) is 4.97. The fourth-order valence-electron chi connectivity index (χ4n) is 2.20. The van der Waals surface area contributed by atoms with Crippen molar-refractivity contribution in [3.63, 3.8) is 0 Å². The monoisotopic (exact) mass is 292 g/mol. The van der Waals surface area contributed by atoms with E-state index in [1.807, 2.05) is 43.5 Å². The average Bonchev–Trinajstić information content (AvgIpc) is 3.10. The van der Waals surface area contributed by atoms with Gasteiger partial charge in [-0.2, -0.15) is 5.10 Å². The summed E-state index contributed by atoms with van der Waals surface area (Å²) in [5.74, 6) is -0.101. The zero-order chi connectivity index (χ0) is 15.4. The molecule has 0 radical (unpaired) electrons. The molecular formula is C17H16N4O. The number of carbonyl (C=O) groups is 1. The van der Waals surface area contributed by atoms with Crippen LogP contribution in [0.2, 0.25) is 0 Å². The number of hydrogen-bond acceptors (Lipinski definition) is 3. The van der Waals surface area contributed by atoms with Crippen LogP contribution >= 0.6 is 0 Å². The van der Waals surface area contributed by atoms with E-state index in [9.17, 15) is 4.79 Å². The molecule has 1 atom stereocenters. The van der Waals surface area contributed by atoms with Crippen LogP contribution in [0.5, 0.6) is 0 Å². The van der Waals surface area contributed by atoms with Crippen LogP contribution in [-0.2, 0) is 0 Å². The number of carbonyl (C=O) groups excluding carboxylic acids is 1. The third-order valence-electron chi connectivity index (χ3n) is 3.45. The predicted molar refractivity (Wildman–Crippen MR) is 83.7 cm³/mol. The smallest absolute Gasteiger partial charge is 0.251 e. The van der Waals surface area contributed by atoms with Crippen molar-refractivity contribution in [2.75, 3.05) is 0 Å². The lowest BCUT2D eigenvalue weighted by Crippen LogP contribution is -2.26. The van der Waals surface area contributed by atoms with E-state index in [-0.39, 0.29) is 11.9 Å². The normalized spacial score (nSPS) is 11.9. The predicted octanol–water partition coefficient (Wildman–Crippen LogP) is 2.76. The first-order chi connectivity index (χ1) is 10.7. The van der Waals surface area contributed by atoms with E-state index in [0.29, 0.717) is 5.56 Å². The largest absolute Gasteiger partial charge is 0.346 e. The van der Waals surface area contributed by atoms with E-state index in [4.69, 9.17) is 0 Å². The number of nitrogens with one attached hydrogen (secondary N) is 1. The van der Waals surface area contributed by atoms with Gasteiger partial charge in [-0.1, -0.05) is 0 Å². The number of benzene rings is 1. The van der Waals surface area contributed by atoms with E-state index in [0.717, 1.165) is 11.3 Å². The van der Waals surface area contributed by atoms with Crippen LogP contribution in [0.4, 0.5) is 0 Å². The summed E-state index contributed by atoms with van der Waals surface area (Å²) in [6.07, 6.45) is 7.02. The van der Waals surface area contributed by atoms with Gasteiger partial charge >= 0.3 is 0 Å². The number of hydrogen-bond donors (Lipinski definition) is 1. The second kappa shape index (κ2) is 6.22. The molecule has 110 valence electrons. The van der Waals surface area contributed by atoms with Gasteiger partial charge in [-0.05, 0) is 55.0 Å². The van der Waals surface area contributed by atoms with Gasteiger partial charge in [0.25, 0.3) is 5.91 Å². The van der Waals surface area contributed by atoms with Crippen LogP contribution < -0.4 is 5.32 Å². The van der Waals surface area contributed by atoms with E-state index in [2.05, 4.69) is 15.4 Å². The molecule has 0 saturated carbocycles. The molecule has 0 aliphatic heterocycles. The fraction of sp³-hybridized carbons (Fsp3) is 0.118. The Hall–Kier alpha value is -2.95. The molecule has 2 aromatic heterocycles. The average molecular weight is 292 g/mol. The summed E-state index contributed by atoms with van der Waals surface area (Å²) in [4.78, 5) is 16.3. The minimum Gasteiger partial charge on any atom is -0.346 e. The van der Waals surface area contributed by atoms with Crippen LogP contribution in [0, 0.1) is 0 Å². The third kappa shape index (κ3) is 3.03. The number of rotatable bonds is 4. The Labute approximate surface area is 128 Å². The summed E-state index contributed by atoms with van der Waals surface area (Å²) in [6, 6.07) is 12.9. The van der Waals surface area contributed by atoms with Crippen molar-refractivity contribution in [3.05, 3.63) is 78.4 Å². The van der Waals surface area contributed by atoms with Crippen molar-refractivity contribution in [1.29, 1.82) is 0 Å². The van der Waals surface area contributed by atoms with Crippen LogP contribution in [0.25, 0.3) is 5.69 Å². The molecule has 22 heavy (non-hydrogen) atoms. The molecule has 1 aromatic carbocycles. The van der Waals surface area contributed by atoms with Gasteiger partial charge in [0, 0.05) is 30.4 Å². The van der Waals surface area contributed by atoms with Gasteiger partial charge in [-0.25, -0.2) is 4.68 Å². The highest BCUT2D eigenvalue weighted by atomic mass is 16.1. The van der Waals surface area contributed by atoms with Gasteiger partial charge in [-0.3, -0.25) is 9.78 Å². The molecule has 0 aliphatic carbocycles. The maximum atomic E-state index is 12.3. The van der Waals surface area contributed by atoms with Crippen molar-refractivity contribution in [2.24, 2.45) is 0 Å². The molecule has 0 fully saturated rings. The Bertz CT molecular complexity index is 736. The highest BCUT2D eigenvalue weighted by Crippen LogP contribution is 2.13. The lowest BCUT2D eigenvalue weighted by molar-refractivity contribution is 0.0940. The summed E-state index contributed by atoms with van der Waals surface area (Å²) >= 11 is 0. The number of amides is 1. The van der Waals surface area contributed by atoms with Crippen molar-refractivity contribution in [2.45, 2.75) is 13.0 Å². The van der Waals surface area contributed by atoms with Gasteiger partial charge in [0.2, 0.25) is 0 Å². The molecule has 0 spiro atoms. The SMILES string of the molecule is CC(NC(=O)c1ccc(-n2cccn2)cc1)c1ccncc1. The Kier molecular flexibility index (Phi) is 3.96. The first-order valence-corrected chi connectivity index (χ1v) is 7.05. The fourth-order valence-corrected chi connectivity index (χ4v) is 2.20. The van der Waals surface area contributed by atoms with E-state index in [1.165, 1.54) is 0 Å². The summed E-state index contributed by atoms with van der Waals surface area (Å²) in [6.45, 7) is 1.95. The minimum absolute atomic E-state index is 0.0682. The van der Waals surface area contributed by atoms with Crippen molar-refractivity contribution in [3.8, 4) is 5.69 Å². The highest BCUT2D eigenvalue weighted by molar-refractivity contribution is 5.94. The van der Waals surface area contributed by atoms with Gasteiger partial charge in [0.1, 0.15) is 0 Å². The topological polar surface area (TPSA) is 59.8 Å². The van der Waals surface area contributed by atoms with Crippen LogP contribution in [-0.4, -0.2) is 20.7 Å². The molecule has 0 saturated heterocycles. The Morgan fingerprint density at radius 1 is 1.09 bits per heavy atom. The molecule has 0 aliphatic rings. The molecule has 1 N–H and O–H groups in total. The summed E-state index contributed by atoms with van der Waals surface area (Å²) in [7, 11) is 0. The van der Waals surface area contributed by atoms with E-state index < -0.39 is 0 Å². The quantitative estimate of drug-likeness (QED) is 0.804. The van der Waals surface area contributed by atoms with Gasteiger partial charge in [-0.15, -0.1) is 0 Å². The Morgan fingerprint density at radius 2 is 1.82 bits per heavy atom. The third-order valence-corrected chi connectivity index (χ3v) is 3.45. The second-order valence-electron chi connectivity index (χ2n) is 4.97. The van der Waals surface area contributed by atoms with Crippen molar-refractivity contribution < 1.29 is 4.79 Å². The maximum absolute atomic E-state index is 12.3. The van der Waals surface area contributed by atoms with Crippen LogP contribution in [0.15, 0.2) is 67.3 Å². The first kappa shape index (κ1) is 14.0. The molecule has 3 aromatic rings. The van der Waals surface area contributed by atoms with Crippen molar-refractivity contribution >= 4 is 5.91 Å². The molecule has 5 heteroatoms.